The minimum Gasteiger partial charge on any atom is -0.494 e. The van der Waals surface area contributed by atoms with Crippen LogP contribution < -0.4 is 14.8 Å². The first-order valence-electron chi connectivity index (χ1n) is 6.83. The van der Waals surface area contributed by atoms with Crippen molar-refractivity contribution in [2.75, 3.05) is 20.3 Å². The Balaban J connectivity index is 2.43. The van der Waals surface area contributed by atoms with Crippen molar-refractivity contribution in [3.05, 3.63) is 24.3 Å². The largest absolute Gasteiger partial charge is 0.494 e. The van der Waals surface area contributed by atoms with Gasteiger partial charge in [0.1, 0.15) is 17.5 Å². The summed E-state index contributed by atoms with van der Waals surface area (Å²) in [5.74, 6) is 0.457. The molecule has 1 N–H and O–H groups in total. The van der Waals surface area contributed by atoms with Gasteiger partial charge in [0.15, 0.2) is 6.61 Å². The molecule has 0 aliphatic rings. The molecule has 0 spiro atoms. The number of hydrogen-bond acceptors (Lipinski definition) is 5. The average molecular weight is 295 g/mol. The average Bonchev–Trinajstić information content (AvgIpc) is 2.51. The molecular formula is C15H21NO5. The van der Waals surface area contributed by atoms with Gasteiger partial charge in [0.25, 0.3) is 5.91 Å². The SMILES string of the molecule is CCOc1ccc(OCC(=O)NC(CC)C(=O)OC)cc1. The van der Waals surface area contributed by atoms with E-state index in [1.165, 1.54) is 7.11 Å². The lowest BCUT2D eigenvalue weighted by Gasteiger charge is -2.14. The lowest BCUT2D eigenvalue weighted by molar-refractivity contribution is -0.145. The number of benzene rings is 1. The molecule has 0 fully saturated rings. The highest BCUT2D eigenvalue weighted by Crippen LogP contribution is 2.17. The Morgan fingerprint density at radius 1 is 1.10 bits per heavy atom. The summed E-state index contributed by atoms with van der Waals surface area (Å²) < 4.78 is 15.2. The highest BCUT2D eigenvalue weighted by Gasteiger charge is 2.19. The number of nitrogens with one attached hydrogen (secondary N) is 1. The fourth-order valence-electron chi connectivity index (χ4n) is 1.65. The van der Waals surface area contributed by atoms with Crippen molar-refractivity contribution >= 4 is 11.9 Å². The molecule has 0 aliphatic heterocycles. The van der Waals surface area contributed by atoms with Gasteiger partial charge in [0.2, 0.25) is 0 Å². The first-order valence-corrected chi connectivity index (χ1v) is 6.83. The summed E-state index contributed by atoms with van der Waals surface area (Å²) in [5, 5.41) is 2.56. The predicted octanol–water partition coefficient (Wildman–Crippen LogP) is 1.53. The van der Waals surface area contributed by atoms with Crippen molar-refractivity contribution < 1.29 is 23.8 Å². The minimum absolute atomic E-state index is 0.165. The summed E-state index contributed by atoms with van der Waals surface area (Å²) in [5.41, 5.74) is 0. The molecule has 1 unspecified atom stereocenters. The molecule has 0 bridgehead atoms. The molecule has 0 heterocycles. The van der Waals surface area contributed by atoms with Crippen LogP contribution in [-0.4, -0.2) is 38.2 Å². The van der Waals surface area contributed by atoms with Gasteiger partial charge >= 0.3 is 5.97 Å². The summed E-state index contributed by atoms with van der Waals surface area (Å²) in [6.45, 7) is 4.12. The zero-order chi connectivity index (χ0) is 15.7. The lowest BCUT2D eigenvalue weighted by Crippen LogP contribution is -2.43. The number of hydrogen-bond donors (Lipinski definition) is 1. The Hall–Kier alpha value is -2.24. The van der Waals surface area contributed by atoms with Crippen LogP contribution in [-0.2, 0) is 14.3 Å². The molecule has 6 nitrogen and oxygen atoms in total. The van der Waals surface area contributed by atoms with Crippen LogP contribution in [0.25, 0.3) is 0 Å². The van der Waals surface area contributed by atoms with Crippen molar-refractivity contribution in [1.82, 2.24) is 5.32 Å². The van der Waals surface area contributed by atoms with Gasteiger partial charge in [-0.25, -0.2) is 4.79 Å². The number of esters is 1. The normalized spacial score (nSPS) is 11.4. The number of methoxy groups -OCH3 is 1. The molecule has 0 aromatic heterocycles. The van der Waals surface area contributed by atoms with E-state index < -0.39 is 12.0 Å². The minimum atomic E-state index is -0.647. The summed E-state index contributed by atoms with van der Waals surface area (Å²) in [7, 11) is 1.29. The van der Waals surface area contributed by atoms with E-state index in [2.05, 4.69) is 10.1 Å². The molecule has 21 heavy (non-hydrogen) atoms. The Morgan fingerprint density at radius 3 is 2.14 bits per heavy atom. The van der Waals surface area contributed by atoms with E-state index in [0.717, 1.165) is 5.75 Å². The van der Waals surface area contributed by atoms with Gasteiger partial charge in [-0.05, 0) is 37.6 Å². The molecule has 0 radical (unpaired) electrons. The molecule has 0 saturated heterocycles. The van der Waals surface area contributed by atoms with Crippen LogP contribution in [0, 0.1) is 0 Å². The summed E-state index contributed by atoms with van der Waals surface area (Å²) in [6.07, 6.45) is 0.460. The van der Waals surface area contributed by atoms with Crippen LogP contribution in [0.2, 0.25) is 0 Å². The summed E-state index contributed by atoms with van der Waals surface area (Å²) in [4.78, 5) is 23.1. The highest BCUT2D eigenvalue weighted by molar-refractivity contribution is 5.85. The second-order valence-corrected chi connectivity index (χ2v) is 4.24. The van der Waals surface area contributed by atoms with Crippen LogP contribution in [0.4, 0.5) is 0 Å². The number of ether oxygens (including phenoxy) is 3. The van der Waals surface area contributed by atoms with Crippen LogP contribution >= 0.6 is 0 Å². The summed E-state index contributed by atoms with van der Waals surface area (Å²) >= 11 is 0. The second kappa shape index (κ2) is 8.84. The van der Waals surface area contributed by atoms with Gasteiger partial charge in [-0.1, -0.05) is 6.92 Å². The molecule has 1 rings (SSSR count). The van der Waals surface area contributed by atoms with Crippen molar-refractivity contribution in [2.45, 2.75) is 26.3 Å². The molecular weight excluding hydrogens is 274 g/mol. The Kier molecular flexibility index (Phi) is 7.08. The smallest absolute Gasteiger partial charge is 0.328 e. The fourth-order valence-corrected chi connectivity index (χ4v) is 1.65. The van der Waals surface area contributed by atoms with Crippen molar-refractivity contribution in [1.29, 1.82) is 0 Å². The van der Waals surface area contributed by atoms with E-state index in [4.69, 9.17) is 9.47 Å². The van der Waals surface area contributed by atoms with E-state index >= 15 is 0 Å². The maximum Gasteiger partial charge on any atom is 0.328 e. The number of rotatable bonds is 8. The molecule has 1 aromatic carbocycles. The van der Waals surface area contributed by atoms with Gasteiger partial charge in [-0.15, -0.1) is 0 Å². The third-order valence-electron chi connectivity index (χ3n) is 2.73. The molecule has 1 aromatic rings. The molecule has 1 atom stereocenters. The van der Waals surface area contributed by atoms with Gasteiger partial charge in [0.05, 0.1) is 13.7 Å². The van der Waals surface area contributed by atoms with Gasteiger partial charge in [-0.2, -0.15) is 0 Å². The number of carbonyl (C=O) groups excluding carboxylic acids is 2. The maximum atomic E-state index is 11.7. The molecule has 6 heteroatoms. The van der Waals surface area contributed by atoms with Crippen LogP contribution in [0.15, 0.2) is 24.3 Å². The van der Waals surface area contributed by atoms with Gasteiger partial charge in [-0.3, -0.25) is 4.79 Å². The van der Waals surface area contributed by atoms with E-state index in [1.54, 1.807) is 31.2 Å². The second-order valence-electron chi connectivity index (χ2n) is 4.24. The van der Waals surface area contributed by atoms with E-state index in [9.17, 15) is 9.59 Å². The summed E-state index contributed by atoms with van der Waals surface area (Å²) in [6, 6.07) is 6.32. The molecule has 0 saturated carbocycles. The van der Waals surface area contributed by atoms with Crippen molar-refractivity contribution in [3.63, 3.8) is 0 Å². The Morgan fingerprint density at radius 2 is 1.67 bits per heavy atom. The van der Waals surface area contributed by atoms with Crippen molar-refractivity contribution in [2.24, 2.45) is 0 Å². The Bertz CT molecular complexity index is 458. The van der Waals surface area contributed by atoms with Gasteiger partial charge in [0, 0.05) is 0 Å². The molecule has 116 valence electrons. The number of amides is 1. The van der Waals surface area contributed by atoms with E-state index in [-0.39, 0.29) is 12.5 Å². The van der Waals surface area contributed by atoms with Crippen LogP contribution in [0.3, 0.4) is 0 Å². The first kappa shape index (κ1) is 16.8. The van der Waals surface area contributed by atoms with E-state index in [0.29, 0.717) is 18.8 Å². The van der Waals surface area contributed by atoms with Crippen molar-refractivity contribution in [3.8, 4) is 11.5 Å². The zero-order valence-electron chi connectivity index (χ0n) is 12.5. The predicted molar refractivity (Wildman–Crippen MR) is 77.3 cm³/mol. The first-order chi connectivity index (χ1) is 10.1. The molecule has 0 aliphatic carbocycles. The van der Waals surface area contributed by atoms with Gasteiger partial charge < -0.3 is 19.5 Å². The maximum absolute atomic E-state index is 11.7. The molecule has 1 amide bonds. The topological polar surface area (TPSA) is 73.9 Å². The quantitative estimate of drug-likeness (QED) is 0.736. The third-order valence-corrected chi connectivity index (χ3v) is 2.73. The monoisotopic (exact) mass is 295 g/mol. The highest BCUT2D eigenvalue weighted by atomic mass is 16.5. The van der Waals surface area contributed by atoms with E-state index in [1.807, 2.05) is 6.92 Å². The van der Waals surface area contributed by atoms with Crippen LogP contribution in [0.5, 0.6) is 11.5 Å². The fraction of sp³-hybridized carbons (Fsp3) is 0.467. The number of carbonyl (C=O) groups is 2. The lowest BCUT2D eigenvalue weighted by atomic mass is 10.2. The zero-order valence-corrected chi connectivity index (χ0v) is 12.5. The third kappa shape index (κ3) is 5.72. The Labute approximate surface area is 124 Å². The van der Waals surface area contributed by atoms with Crippen LogP contribution in [0.1, 0.15) is 20.3 Å². The standard InChI is InChI=1S/C15H21NO5/c1-4-13(15(18)19-3)16-14(17)10-21-12-8-6-11(7-9-12)20-5-2/h6-9,13H,4-5,10H2,1-3H3,(H,16,17).